The Kier molecular flexibility index (Phi) is 4.09. The highest BCUT2D eigenvalue weighted by atomic mass is 32.2. The summed E-state index contributed by atoms with van der Waals surface area (Å²) in [6.07, 6.45) is 1.93. The summed E-state index contributed by atoms with van der Waals surface area (Å²) in [7, 11) is 0. The molecular weight excluding hydrogens is 344 g/mol. The van der Waals surface area contributed by atoms with E-state index >= 15 is 0 Å². The van der Waals surface area contributed by atoms with Gasteiger partial charge in [0.15, 0.2) is 17.3 Å². The summed E-state index contributed by atoms with van der Waals surface area (Å²) < 4.78 is 7.66. The molecule has 3 heterocycles. The number of rotatable bonds is 5. The maximum absolute atomic E-state index is 9.95. The van der Waals surface area contributed by atoms with Gasteiger partial charge in [-0.1, -0.05) is 24.8 Å². The minimum absolute atomic E-state index is 0.0835. The van der Waals surface area contributed by atoms with Gasteiger partial charge in [-0.25, -0.2) is 4.68 Å². The van der Waals surface area contributed by atoms with Crippen molar-refractivity contribution in [2.45, 2.75) is 37.2 Å². The zero-order chi connectivity index (χ0) is 16.7. The average molecular weight is 362 g/mol. The molecule has 2 aliphatic rings. The van der Waals surface area contributed by atoms with Crippen LogP contribution in [0.3, 0.4) is 0 Å². The van der Waals surface area contributed by atoms with E-state index in [1.165, 1.54) is 5.03 Å². The number of hydrogen-bond acceptors (Lipinski definition) is 7. The number of aromatic nitrogens is 3. The van der Waals surface area contributed by atoms with E-state index in [1.54, 1.807) is 29.6 Å². The van der Waals surface area contributed by atoms with E-state index in [4.69, 9.17) is 4.74 Å². The standard InChI is InChI=1S/C16H18N4O2S2/c1-3-5-13-17-18-16-19(13)20-14(24-16)9-23-15(20)10-6-7-11(21)12(8-10)22-4-2/h6-9,15,21H,3-5H2,1-2H3. The van der Waals surface area contributed by atoms with Crippen molar-refractivity contribution >= 4 is 23.5 Å². The summed E-state index contributed by atoms with van der Waals surface area (Å²) in [5, 5.41) is 25.1. The number of phenols is 1. The van der Waals surface area contributed by atoms with Gasteiger partial charge in [0, 0.05) is 11.8 Å². The molecule has 24 heavy (non-hydrogen) atoms. The highest BCUT2D eigenvalue weighted by Crippen LogP contribution is 2.51. The summed E-state index contributed by atoms with van der Waals surface area (Å²) in [5.41, 5.74) is 1.08. The first-order valence-electron chi connectivity index (χ1n) is 7.96. The third-order valence-corrected chi connectivity index (χ3v) is 6.07. The van der Waals surface area contributed by atoms with Crippen molar-refractivity contribution in [3.63, 3.8) is 0 Å². The van der Waals surface area contributed by atoms with Crippen LogP contribution in [-0.4, -0.2) is 26.6 Å². The maximum atomic E-state index is 9.95. The van der Waals surface area contributed by atoms with Gasteiger partial charge in [-0.2, -0.15) is 0 Å². The molecule has 0 radical (unpaired) electrons. The highest BCUT2D eigenvalue weighted by molar-refractivity contribution is 8.07. The van der Waals surface area contributed by atoms with Gasteiger partial charge in [0.05, 0.1) is 6.61 Å². The predicted octanol–water partition coefficient (Wildman–Crippen LogP) is 3.62. The van der Waals surface area contributed by atoms with Crippen molar-refractivity contribution in [1.82, 2.24) is 14.9 Å². The molecule has 1 aromatic heterocycles. The van der Waals surface area contributed by atoms with Gasteiger partial charge in [-0.05, 0) is 42.8 Å². The van der Waals surface area contributed by atoms with E-state index in [9.17, 15) is 5.11 Å². The third-order valence-electron chi connectivity index (χ3n) is 3.88. The number of ether oxygens (including phenoxy) is 1. The monoisotopic (exact) mass is 362 g/mol. The summed E-state index contributed by atoms with van der Waals surface area (Å²) in [4.78, 5) is 0. The van der Waals surface area contributed by atoms with Crippen molar-refractivity contribution in [3.8, 4) is 11.5 Å². The quantitative estimate of drug-likeness (QED) is 0.871. The molecular formula is C16H18N4O2S2. The van der Waals surface area contributed by atoms with Gasteiger partial charge in [0.25, 0.3) is 0 Å². The van der Waals surface area contributed by atoms with Crippen LogP contribution in [0, 0.1) is 0 Å². The molecule has 8 heteroatoms. The Bertz CT molecular complexity index is 805. The Balaban J connectivity index is 1.71. The first-order valence-corrected chi connectivity index (χ1v) is 9.71. The van der Waals surface area contributed by atoms with Gasteiger partial charge in [0.2, 0.25) is 5.16 Å². The number of phenolic OH excluding ortho intramolecular Hbond substituents is 1. The Hall–Kier alpha value is -1.80. The summed E-state index contributed by atoms with van der Waals surface area (Å²) in [6, 6.07) is 5.56. The number of hydrogen-bond donors (Lipinski definition) is 1. The van der Waals surface area contributed by atoms with Gasteiger partial charge < -0.3 is 9.84 Å². The molecule has 0 bridgehead atoms. The van der Waals surface area contributed by atoms with Gasteiger partial charge in [-0.15, -0.1) is 10.2 Å². The Morgan fingerprint density at radius 2 is 2.17 bits per heavy atom. The molecule has 126 valence electrons. The van der Waals surface area contributed by atoms with Crippen LogP contribution in [0.1, 0.15) is 37.0 Å². The van der Waals surface area contributed by atoms with Crippen LogP contribution in [0.4, 0.5) is 0 Å². The second-order valence-corrected chi connectivity index (χ2v) is 7.45. The number of nitrogens with zero attached hydrogens (tertiary/aromatic N) is 4. The van der Waals surface area contributed by atoms with Crippen molar-refractivity contribution in [1.29, 1.82) is 0 Å². The largest absolute Gasteiger partial charge is 0.504 e. The lowest BCUT2D eigenvalue weighted by molar-refractivity contribution is 0.317. The SMILES string of the molecule is CCCc1nnc2n1N1C(=CSC1c1ccc(O)c(OCC)c1)S2. The lowest BCUT2D eigenvalue weighted by Crippen LogP contribution is -2.30. The Morgan fingerprint density at radius 1 is 1.29 bits per heavy atom. The van der Waals surface area contributed by atoms with Crippen LogP contribution < -0.4 is 9.75 Å². The van der Waals surface area contributed by atoms with E-state index in [2.05, 4.69) is 32.2 Å². The first kappa shape index (κ1) is 15.7. The van der Waals surface area contributed by atoms with E-state index in [0.29, 0.717) is 12.4 Å². The average Bonchev–Trinajstić information content (AvgIpc) is 3.22. The normalized spacial score (nSPS) is 18.5. The molecule has 2 aromatic rings. The predicted molar refractivity (Wildman–Crippen MR) is 95.8 cm³/mol. The minimum Gasteiger partial charge on any atom is -0.504 e. The molecule has 1 aromatic carbocycles. The van der Waals surface area contributed by atoms with Crippen LogP contribution >= 0.6 is 23.5 Å². The molecule has 0 aliphatic carbocycles. The second kappa shape index (κ2) is 6.25. The summed E-state index contributed by atoms with van der Waals surface area (Å²) in [6.45, 7) is 4.58. The molecule has 0 amide bonds. The van der Waals surface area contributed by atoms with Gasteiger partial charge >= 0.3 is 0 Å². The molecule has 6 nitrogen and oxygen atoms in total. The van der Waals surface area contributed by atoms with Crippen molar-refractivity contribution in [2.75, 3.05) is 11.6 Å². The molecule has 0 spiro atoms. The molecule has 0 saturated heterocycles. The van der Waals surface area contributed by atoms with E-state index < -0.39 is 0 Å². The van der Waals surface area contributed by atoms with Crippen molar-refractivity contribution in [2.24, 2.45) is 0 Å². The van der Waals surface area contributed by atoms with E-state index in [1.807, 2.05) is 19.1 Å². The smallest absolute Gasteiger partial charge is 0.216 e. The zero-order valence-corrected chi connectivity index (χ0v) is 15.1. The van der Waals surface area contributed by atoms with E-state index in [-0.39, 0.29) is 11.1 Å². The molecule has 1 N–H and O–H groups in total. The number of thioether (sulfide) groups is 2. The van der Waals surface area contributed by atoms with Gasteiger partial charge in [0.1, 0.15) is 10.4 Å². The molecule has 1 unspecified atom stereocenters. The fourth-order valence-corrected chi connectivity index (χ4v) is 5.08. The molecule has 4 rings (SSSR count). The lowest BCUT2D eigenvalue weighted by Gasteiger charge is -2.26. The lowest BCUT2D eigenvalue weighted by atomic mass is 10.2. The third kappa shape index (κ3) is 2.44. The Morgan fingerprint density at radius 3 is 2.96 bits per heavy atom. The number of fused-ring (bicyclic) bond motifs is 3. The minimum atomic E-state index is 0.0835. The number of benzene rings is 1. The van der Waals surface area contributed by atoms with Crippen LogP contribution in [0.5, 0.6) is 11.5 Å². The van der Waals surface area contributed by atoms with Crippen molar-refractivity contribution < 1.29 is 9.84 Å². The topological polar surface area (TPSA) is 63.4 Å². The number of aryl methyl sites for hydroxylation is 1. The fourth-order valence-electron chi connectivity index (χ4n) is 2.85. The molecule has 0 saturated carbocycles. The van der Waals surface area contributed by atoms with Crippen LogP contribution in [-0.2, 0) is 6.42 Å². The van der Waals surface area contributed by atoms with E-state index in [0.717, 1.165) is 29.4 Å². The molecule has 2 aliphatic heterocycles. The number of aromatic hydroxyl groups is 1. The fraction of sp³-hybridized carbons (Fsp3) is 0.375. The van der Waals surface area contributed by atoms with Crippen LogP contribution in [0.25, 0.3) is 0 Å². The maximum Gasteiger partial charge on any atom is 0.216 e. The Labute approximate surface area is 148 Å². The summed E-state index contributed by atoms with van der Waals surface area (Å²) in [5.74, 6) is 1.68. The van der Waals surface area contributed by atoms with Gasteiger partial charge in [-0.3, -0.25) is 5.01 Å². The van der Waals surface area contributed by atoms with Crippen molar-refractivity contribution in [3.05, 3.63) is 40.0 Å². The zero-order valence-electron chi connectivity index (χ0n) is 13.5. The second-order valence-electron chi connectivity index (χ2n) is 5.51. The highest BCUT2D eigenvalue weighted by Gasteiger charge is 2.39. The summed E-state index contributed by atoms with van der Waals surface area (Å²) >= 11 is 3.39. The van der Waals surface area contributed by atoms with Crippen LogP contribution in [0.2, 0.25) is 0 Å². The molecule has 0 fully saturated rings. The molecule has 1 atom stereocenters. The van der Waals surface area contributed by atoms with Crippen LogP contribution in [0.15, 0.2) is 33.8 Å². The first-order chi connectivity index (χ1) is 11.7.